The number of amides is 1. The van der Waals surface area contributed by atoms with Crippen molar-refractivity contribution in [1.29, 1.82) is 0 Å². The van der Waals surface area contributed by atoms with E-state index >= 15 is 0 Å². The van der Waals surface area contributed by atoms with E-state index in [1.165, 1.54) is 48.7 Å². The number of rotatable bonds is 6. The Hall–Kier alpha value is -2.71. The molecular formula is C24H26FN5OS. The molecule has 0 spiro atoms. The van der Waals surface area contributed by atoms with Crippen LogP contribution in [-0.2, 0) is 17.8 Å². The molecule has 0 aliphatic carbocycles. The van der Waals surface area contributed by atoms with Gasteiger partial charge < -0.3 is 4.90 Å². The van der Waals surface area contributed by atoms with Crippen molar-refractivity contribution in [2.75, 3.05) is 30.3 Å². The summed E-state index contributed by atoms with van der Waals surface area (Å²) < 4.78 is 15.5. The van der Waals surface area contributed by atoms with Crippen molar-refractivity contribution in [2.45, 2.75) is 37.4 Å². The molecule has 1 fully saturated rings. The summed E-state index contributed by atoms with van der Waals surface area (Å²) in [6.07, 6.45) is 4.54. The quantitative estimate of drug-likeness (QED) is 0.529. The minimum absolute atomic E-state index is 0.0613. The number of para-hydroxylation sites is 1. The van der Waals surface area contributed by atoms with Gasteiger partial charge in [-0.3, -0.25) is 14.3 Å². The van der Waals surface area contributed by atoms with E-state index in [1.807, 2.05) is 27.7 Å². The first-order valence-corrected chi connectivity index (χ1v) is 12.1. The number of halogens is 1. The summed E-state index contributed by atoms with van der Waals surface area (Å²) in [4.78, 5) is 17.2. The molecule has 2 aliphatic heterocycles. The van der Waals surface area contributed by atoms with Gasteiger partial charge in [0, 0.05) is 17.9 Å². The van der Waals surface area contributed by atoms with Crippen LogP contribution in [0.25, 0.3) is 5.69 Å². The maximum absolute atomic E-state index is 13.5. The van der Waals surface area contributed by atoms with Crippen molar-refractivity contribution in [1.82, 2.24) is 19.7 Å². The summed E-state index contributed by atoms with van der Waals surface area (Å²) in [6.45, 7) is 3.50. The number of hydrogen-bond acceptors (Lipinski definition) is 5. The normalized spacial score (nSPS) is 16.3. The molecule has 8 heteroatoms. The van der Waals surface area contributed by atoms with Gasteiger partial charge in [0.15, 0.2) is 11.0 Å². The van der Waals surface area contributed by atoms with Gasteiger partial charge in [-0.15, -0.1) is 10.2 Å². The fourth-order valence-electron chi connectivity index (χ4n) is 4.46. The molecule has 3 aromatic rings. The molecule has 166 valence electrons. The maximum atomic E-state index is 13.5. The highest BCUT2D eigenvalue weighted by Gasteiger charge is 2.25. The third-order valence-corrected chi connectivity index (χ3v) is 7.03. The number of piperidine rings is 1. The average molecular weight is 452 g/mol. The lowest BCUT2D eigenvalue weighted by Crippen LogP contribution is -2.31. The van der Waals surface area contributed by atoms with Gasteiger partial charge >= 0.3 is 0 Å². The molecule has 6 nitrogen and oxygen atoms in total. The van der Waals surface area contributed by atoms with Crippen LogP contribution in [0.4, 0.5) is 10.1 Å². The highest BCUT2D eigenvalue weighted by molar-refractivity contribution is 7.99. The van der Waals surface area contributed by atoms with Gasteiger partial charge in [-0.25, -0.2) is 4.39 Å². The Morgan fingerprint density at radius 3 is 2.56 bits per heavy atom. The molecule has 0 saturated carbocycles. The van der Waals surface area contributed by atoms with Gasteiger partial charge in [-0.1, -0.05) is 36.4 Å². The zero-order valence-electron chi connectivity index (χ0n) is 17.9. The molecule has 2 aromatic carbocycles. The number of anilines is 1. The summed E-state index contributed by atoms with van der Waals surface area (Å²) in [5.74, 6) is 0.875. The summed E-state index contributed by atoms with van der Waals surface area (Å²) in [5.41, 5.74) is 3.03. The van der Waals surface area contributed by atoms with E-state index in [1.54, 1.807) is 12.1 Å². The number of nitrogens with zero attached hydrogens (tertiary/aromatic N) is 5. The first-order chi connectivity index (χ1) is 15.7. The van der Waals surface area contributed by atoms with Crippen LogP contribution in [0.2, 0.25) is 0 Å². The monoisotopic (exact) mass is 451 g/mol. The molecule has 2 aliphatic rings. The minimum atomic E-state index is -0.281. The van der Waals surface area contributed by atoms with Gasteiger partial charge in [0.1, 0.15) is 5.82 Å². The Morgan fingerprint density at radius 1 is 0.969 bits per heavy atom. The van der Waals surface area contributed by atoms with Gasteiger partial charge in [-0.05, 0) is 68.2 Å². The van der Waals surface area contributed by atoms with Crippen molar-refractivity contribution in [2.24, 2.45) is 0 Å². The zero-order valence-corrected chi connectivity index (χ0v) is 18.7. The molecule has 5 rings (SSSR count). The Morgan fingerprint density at radius 2 is 1.75 bits per heavy atom. The number of carbonyl (C=O) groups is 1. The molecule has 3 heterocycles. The number of benzene rings is 2. The lowest BCUT2D eigenvalue weighted by Gasteiger charge is -2.26. The van der Waals surface area contributed by atoms with Crippen molar-refractivity contribution < 1.29 is 9.18 Å². The number of likely N-dealkylation sites (tertiary alicyclic amines) is 1. The molecule has 0 atom stereocenters. The van der Waals surface area contributed by atoms with Crippen LogP contribution in [-0.4, -0.2) is 51.0 Å². The third kappa shape index (κ3) is 4.42. The molecule has 0 bridgehead atoms. The molecule has 1 amide bonds. The fourth-order valence-corrected chi connectivity index (χ4v) is 5.31. The standard InChI is InChI=1S/C24H26FN5OS/c25-19-8-10-20(11-9-19)30-22(16-28-13-4-1-5-14-28)26-27-24(30)32-17-23(31)29-15-12-18-6-2-3-7-21(18)29/h2-3,6-11H,1,4-5,12-17H2. The van der Waals surface area contributed by atoms with Crippen LogP contribution in [0.1, 0.15) is 30.7 Å². The highest BCUT2D eigenvalue weighted by Crippen LogP contribution is 2.29. The Kier molecular flexibility index (Phi) is 6.23. The van der Waals surface area contributed by atoms with Crippen LogP contribution >= 0.6 is 11.8 Å². The third-order valence-electron chi connectivity index (χ3n) is 6.11. The first-order valence-electron chi connectivity index (χ1n) is 11.1. The number of fused-ring (bicyclic) bond motifs is 1. The first kappa shape index (κ1) is 21.2. The summed E-state index contributed by atoms with van der Waals surface area (Å²) >= 11 is 1.38. The van der Waals surface area contributed by atoms with E-state index < -0.39 is 0 Å². The van der Waals surface area contributed by atoms with E-state index in [0.717, 1.165) is 36.7 Å². The summed E-state index contributed by atoms with van der Waals surface area (Å²) in [6, 6.07) is 14.4. The number of hydrogen-bond donors (Lipinski definition) is 0. The Balaban J connectivity index is 1.36. The smallest absolute Gasteiger partial charge is 0.237 e. The topological polar surface area (TPSA) is 54.3 Å². The zero-order chi connectivity index (χ0) is 21.9. The van der Waals surface area contributed by atoms with Crippen molar-refractivity contribution >= 4 is 23.4 Å². The predicted octanol–water partition coefficient (Wildman–Crippen LogP) is 4.07. The van der Waals surface area contributed by atoms with Gasteiger partial charge in [0.2, 0.25) is 5.91 Å². The second kappa shape index (κ2) is 9.42. The Bertz CT molecular complexity index is 1090. The van der Waals surface area contributed by atoms with Gasteiger partial charge in [-0.2, -0.15) is 0 Å². The average Bonchev–Trinajstić information content (AvgIpc) is 3.43. The van der Waals surface area contributed by atoms with Crippen LogP contribution in [0.5, 0.6) is 0 Å². The number of carbonyl (C=O) groups excluding carboxylic acids is 1. The van der Waals surface area contributed by atoms with Crippen molar-refractivity contribution in [3.63, 3.8) is 0 Å². The van der Waals surface area contributed by atoms with E-state index in [9.17, 15) is 9.18 Å². The van der Waals surface area contributed by atoms with Crippen LogP contribution in [0, 0.1) is 5.82 Å². The molecule has 0 unspecified atom stereocenters. The van der Waals surface area contributed by atoms with Crippen LogP contribution in [0.3, 0.4) is 0 Å². The Labute approximate surface area is 191 Å². The second-order valence-corrected chi connectivity index (χ2v) is 9.20. The largest absolute Gasteiger partial charge is 0.311 e. The SMILES string of the molecule is O=C(CSc1nnc(CN2CCCCC2)n1-c1ccc(F)cc1)N1CCc2ccccc21. The van der Waals surface area contributed by atoms with Gasteiger partial charge in [0.25, 0.3) is 0 Å². The van der Waals surface area contributed by atoms with Gasteiger partial charge in [0.05, 0.1) is 12.3 Å². The summed E-state index contributed by atoms with van der Waals surface area (Å²) in [7, 11) is 0. The lowest BCUT2D eigenvalue weighted by atomic mass is 10.1. The second-order valence-electron chi connectivity index (χ2n) is 8.26. The molecule has 1 aromatic heterocycles. The van der Waals surface area contributed by atoms with E-state index in [0.29, 0.717) is 18.2 Å². The van der Waals surface area contributed by atoms with Crippen LogP contribution in [0.15, 0.2) is 53.7 Å². The highest BCUT2D eigenvalue weighted by atomic mass is 32.2. The van der Waals surface area contributed by atoms with Crippen molar-refractivity contribution in [3.05, 3.63) is 65.7 Å². The predicted molar refractivity (Wildman–Crippen MR) is 124 cm³/mol. The molecule has 0 radical (unpaired) electrons. The molecule has 1 saturated heterocycles. The fraction of sp³-hybridized carbons (Fsp3) is 0.375. The van der Waals surface area contributed by atoms with E-state index in [4.69, 9.17) is 0 Å². The molecular weight excluding hydrogens is 425 g/mol. The van der Waals surface area contributed by atoms with E-state index in [-0.39, 0.29) is 17.5 Å². The van der Waals surface area contributed by atoms with Crippen molar-refractivity contribution in [3.8, 4) is 5.69 Å². The van der Waals surface area contributed by atoms with E-state index in [2.05, 4.69) is 21.2 Å². The van der Waals surface area contributed by atoms with Crippen LogP contribution < -0.4 is 4.90 Å². The lowest BCUT2D eigenvalue weighted by molar-refractivity contribution is -0.116. The maximum Gasteiger partial charge on any atom is 0.237 e. The molecule has 0 N–H and O–H groups in total. The molecule has 32 heavy (non-hydrogen) atoms. The summed E-state index contributed by atoms with van der Waals surface area (Å²) in [5, 5.41) is 9.52. The number of aromatic nitrogens is 3. The minimum Gasteiger partial charge on any atom is -0.311 e. The number of thioether (sulfide) groups is 1.